The molecule has 1 N–H and O–H groups in total. The summed E-state index contributed by atoms with van der Waals surface area (Å²) in [6.07, 6.45) is 1.11. The van der Waals surface area contributed by atoms with Crippen LogP contribution in [0.1, 0.15) is 37.0 Å². The van der Waals surface area contributed by atoms with Gasteiger partial charge in [-0.2, -0.15) is 0 Å². The van der Waals surface area contributed by atoms with E-state index in [1.165, 1.54) is 0 Å². The first-order valence-corrected chi connectivity index (χ1v) is 6.56. The second-order valence-electron chi connectivity index (χ2n) is 5.28. The summed E-state index contributed by atoms with van der Waals surface area (Å²) in [5, 5.41) is 10.6. The first-order valence-electron chi connectivity index (χ1n) is 6.18. The summed E-state index contributed by atoms with van der Waals surface area (Å²) in [6, 6.07) is 6.87. The van der Waals surface area contributed by atoms with Gasteiger partial charge >= 0.3 is 0 Å². The lowest BCUT2D eigenvalue weighted by molar-refractivity contribution is -0.0307. The number of benzene rings is 1. The van der Waals surface area contributed by atoms with Crippen molar-refractivity contribution in [3.8, 4) is 0 Å². The maximum Gasteiger partial charge on any atom is 0.254 e. The maximum atomic E-state index is 12.4. The number of halogens is 1. The molecule has 0 aromatic heterocycles. The molecule has 0 radical (unpaired) electrons. The fraction of sp³-hybridized carbons (Fsp3) is 0.500. The molecule has 1 aliphatic heterocycles. The molecule has 0 saturated carbocycles. The highest BCUT2D eigenvalue weighted by molar-refractivity contribution is 6.30. The molecule has 1 saturated heterocycles. The number of amides is 1. The number of piperidine rings is 1. The zero-order valence-corrected chi connectivity index (χ0v) is 11.4. The average molecular weight is 268 g/mol. The van der Waals surface area contributed by atoms with Crippen molar-refractivity contribution in [2.75, 3.05) is 6.54 Å². The Morgan fingerprint density at radius 2 is 2.00 bits per heavy atom. The molecule has 1 fully saturated rings. The van der Waals surface area contributed by atoms with Gasteiger partial charge in [0.25, 0.3) is 5.91 Å². The van der Waals surface area contributed by atoms with Crippen LogP contribution in [0.2, 0.25) is 5.02 Å². The molecule has 0 aliphatic carbocycles. The van der Waals surface area contributed by atoms with Gasteiger partial charge in [-0.25, -0.2) is 0 Å². The van der Waals surface area contributed by atoms with Crippen LogP contribution in [0, 0.1) is 0 Å². The number of rotatable bonds is 1. The van der Waals surface area contributed by atoms with Crippen LogP contribution < -0.4 is 0 Å². The largest absolute Gasteiger partial charge is 0.391 e. The molecule has 0 bridgehead atoms. The van der Waals surface area contributed by atoms with E-state index in [-0.39, 0.29) is 5.91 Å². The van der Waals surface area contributed by atoms with Crippen LogP contribution in [0.5, 0.6) is 0 Å². The highest BCUT2D eigenvalue weighted by Crippen LogP contribution is 2.29. The summed E-state index contributed by atoms with van der Waals surface area (Å²) >= 11 is 5.82. The van der Waals surface area contributed by atoms with Gasteiger partial charge in [-0.15, -0.1) is 0 Å². The molecule has 1 atom stereocenters. The fourth-order valence-corrected chi connectivity index (χ4v) is 2.50. The quantitative estimate of drug-likeness (QED) is 0.850. The summed E-state index contributed by atoms with van der Waals surface area (Å²) in [4.78, 5) is 14.2. The standard InChI is InChI=1S/C14H18ClNO2/c1-14(2)12(17)4-3-9-16(14)13(18)10-5-7-11(15)8-6-10/h5-8,12,17H,3-4,9H2,1-2H3. The average Bonchev–Trinajstić information content (AvgIpc) is 2.33. The molecule has 4 heteroatoms. The predicted molar refractivity (Wildman–Crippen MR) is 71.8 cm³/mol. The Bertz CT molecular complexity index is 442. The molecule has 98 valence electrons. The van der Waals surface area contributed by atoms with Gasteiger partial charge in [-0.05, 0) is 51.0 Å². The monoisotopic (exact) mass is 267 g/mol. The Hall–Kier alpha value is -1.06. The number of aliphatic hydroxyl groups excluding tert-OH is 1. The molecular weight excluding hydrogens is 250 g/mol. The number of hydrogen-bond acceptors (Lipinski definition) is 2. The van der Waals surface area contributed by atoms with E-state index in [1.54, 1.807) is 29.2 Å². The van der Waals surface area contributed by atoms with Gasteiger partial charge in [0.15, 0.2) is 0 Å². The summed E-state index contributed by atoms with van der Waals surface area (Å²) < 4.78 is 0. The van der Waals surface area contributed by atoms with E-state index in [0.717, 1.165) is 12.8 Å². The second kappa shape index (κ2) is 4.90. The van der Waals surface area contributed by atoms with Crippen molar-refractivity contribution in [2.45, 2.75) is 38.3 Å². The normalized spacial score (nSPS) is 22.9. The Morgan fingerprint density at radius 1 is 1.39 bits per heavy atom. The summed E-state index contributed by atoms with van der Waals surface area (Å²) in [7, 11) is 0. The van der Waals surface area contributed by atoms with Crippen LogP contribution in [0.4, 0.5) is 0 Å². The van der Waals surface area contributed by atoms with Crippen LogP contribution >= 0.6 is 11.6 Å². The Labute approximate surface area is 112 Å². The van der Waals surface area contributed by atoms with E-state index in [2.05, 4.69) is 0 Å². The molecule has 1 aliphatic rings. The van der Waals surface area contributed by atoms with Crippen molar-refractivity contribution in [2.24, 2.45) is 0 Å². The van der Waals surface area contributed by atoms with E-state index in [0.29, 0.717) is 17.1 Å². The van der Waals surface area contributed by atoms with Crippen LogP contribution in [-0.2, 0) is 0 Å². The van der Waals surface area contributed by atoms with Gasteiger partial charge in [0.1, 0.15) is 0 Å². The van der Waals surface area contributed by atoms with Gasteiger partial charge < -0.3 is 10.0 Å². The van der Waals surface area contributed by atoms with Crippen molar-refractivity contribution in [3.63, 3.8) is 0 Å². The maximum absolute atomic E-state index is 12.4. The van der Waals surface area contributed by atoms with Gasteiger partial charge in [-0.3, -0.25) is 4.79 Å². The van der Waals surface area contributed by atoms with Crippen molar-refractivity contribution >= 4 is 17.5 Å². The number of likely N-dealkylation sites (tertiary alicyclic amines) is 1. The second-order valence-corrected chi connectivity index (χ2v) is 5.71. The molecule has 18 heavy (non-hydrogen) atoms. The van der Waals surface area contributed by atoms with Crippen molar-refractivity contribution in [1.29, 1.82) is 0 Å². The lowest BCUT2D eigenvalue weighted by Gasteiger charge is -2.45. The molecule has 1 aromatic carbocycles. The third-order valence-corrected chi connectivity index (χ3v) is 3.96. The van der Waals surface area contributed by atoms with E-state index >= 15 is 0 Å². The number of aliphatic hydroxyl groups is 1. The minimum Gasteiger partial charge on any atom is -0.391 e. The molecule has 1 heterocycles. The minimum absolute atomic E-state index is 0.0459. The SMILES string of the molecule is CC1(C)C(O)CCCN1C(=O)c1ccc(Cl)cc1. The Morgan fingerprint density at radius 3 is 2.61 bits per heavy atom. The zero-order chi connectivity index (χ0) is 13.3. The van der Waals surface area contributed by atoms with Crippen LogP contribution in [0.15, 0.2) is 24.3 Å². The third-order valence-electron chi connectivity index (χ3n) is 3.71. The van der Waals surface area contributed by atoms with Crippen LogP contribution in [-0.4, -0.2) is 34.1 Å². The molecular formula is C14H18ClNO2. The van der Waals surface area contributed by atoms with E-state index in [1.807, 2.05) is 13.8 Å². The Kier molecular flexibility index (Phi) is 3.64. The molecule has 3 nitrogen and oxygen atoms in total. The molecule has 1 unspecified atom stereocenters. The minimum atomic E-state index is -0.519. The molecule has 1 aromatic rings. The van der Waals surface area contributed by atoms with E-state index in [4.69, 9.17) is 11.6 Å². The number of hydrogen-bond donors (Lipinski definition) is 1. The highest BCUT2D eigenvalue weighted by atomic mass is 35.5. The van der Waals surface area contributed by atoms with Crippen LogP contribution in [0.25, 0.3) is 0 Å². The first-order chi connectivity index (χ1) is 8.43. The van der Waals surface area contributed by atoms with Crippen LogP contribution in [0.3, 0.4) is 0 Å². The Balaban J connectivity index is 2.25. The summed E-state index contributed by atoms with van der Waals surface area (Å²) in [5.41, 5.74) is 0.0937. The lowest BCUT2D eigenvalue weighted by atomic mass is 9.86. The first kappa shape index (κ1) is 13.4. The van der Waals surface area contributed by atoms with Crippen molar-refractivity contribution in [3.05, 3.63) is 34.9 Å². The van der Waals surface area contributed by atoms with Gasteiger partial charge in [0.05, 0.1) is 11.6 Å². The highest BCUT2D eigenvalue weighted by Gasteiger charge is 2.40. The zero-order valence-electron chi connectivity index (χ0n) is 10.7. The predicted octanol–water partition coefficient (Wildman–Crippen LogP) is 2.72. The summed E-state index contributed by atoms with van der Waals surface area (Å²) in [6.45, 7) is 4.50. The van der Waals surface area contributed by atoms with E-state index < -0.39 is 11.6 Å². The molecule has 2 rings (SSSR count). The van der Waals surface area contributed by atoms with Gasteiger partial charge in [0.2, 0.25) is 0 Å². The van der Waals surface area contributed by atoms with Gasteiger partial charge in [0, 0.05) is 17.1 Å². The summed E-state index contributed by atoms with van der Waals surface area (Å²) in [5.74, 6) is -0.0459. The van der Waals surface area contributed by atoms with Gasteiger partial charge in [-0.1, -0.05) is 11.6 Å². The van der Waals surface area contributed by atoms with Crippen molar-refractivity contribution in [1.82, 2.24) is 4.90 Å². The third kappa shape index (κ3) is 2.38. The van der Waals surface area contributed by atoms with Crippen molar-refractivity contribution < 1.29 is 9.90 Å². The fourth-order valence-electron chi connectivity index (χ4n) is 2.38. The number of carbonyl (C=O) groups is 1. The van der Waals surface area contributed by atoms with E-state index in [9.17, 15) is 9.90 Å². The lowest BCUT2D eigenvalue weighted by Crippen LogP contribution is -2.58. The number of nitrogens with zero attached hydrogens (tertiary/aromatic N) is 1. The smallest absolute Gasteiger partial charge is 0.254 e. The number of carbonyl (C=O) groups excluding carboxylic acids is 1. The topological polar surface area (TPSA) is 40.5 Å². The molecule has 1 amide bonds. The molecule has 0 spiro atoms.